The standard InChI is InChI=1S/C18H18N6O2/c25-18(14-2-1-3-17(12-14)24-13-19-21-22-24)20-15-4-6-16(7-5-15)23-8-10-26-11-9-23/h1-7,12-13H,8-11H2,(H,20,25). The molecule has 0 atom stereocenters. The predicted molar refractivity (Wildman–Crippen MR) is 96.6 cm³/mol. The van der Waals surface area contributed by atoms with Crippen molar-refractivity contribution in [1.29, 1.82) is 0 Å². The number of carbonyl (C=O) groups excluding carboxylic acids is 1. The molecule has 1 N–H and O–H groups in total. The summed E-state index contributed by atoms with van der Waals surface area (Å²) in [5, 5.41) is 14.0. The van der Waals surface area contributed by atoms with Crippen LogP contribution in [0.4, 0.5) is 11.4 Å². The predicted octanol–water partition coefficient (Wildman–Crippen LogP) is 1.75. The summed E-state index contributed by atoms with van der Waals surface area (Å²) in [5.74, 6) is -0.181. The summed E-state index contributed by atoms with van der Waals surface area (Å²) >= 11 is 0. The number of benzene rings is 2. The first-order valence-corrected chi connectivity index (χ1v) is 8.37. The SMILES string of the molecule is O=C(Nc1ccc(N2CCOCC2)cc1)c1cccc(-n2cnnn2)c1. The third-order valence-electron chi connectivity index (χ3n) is 4.22. The van der Waals surface area contributed by atoms with Crippen LogP contribution in [0, 0.1) is 0 Å². The van der Waals surface area contributed by atoms with Crippen LogP contribution in [-0.4, -0.2) is 52.4 Å². The van der Waals surface area contributed by atoms with Gasteiger partial charge in [0.15, 0.2) is 0 Å². The van der Waals surface area contributed by atoms with E-state index in [4.69, 9.17) is 4.74 Å². The van der Waals surface area contributed by atoms with Gasteiger partial charge in [0.05, 0.1) is 18.9 Å². The van der Waals surface area contributed by atoms with Gasteiger partial charge in [-0.2, -0.15) is 0 Å². The summed E-state index contributed by atoms with van der Waals surface area (Å²) in [4.78, 5) is 14.8. The molecule has 4 rings (SSSR count). The van der Waals surface area contributed by atoms with E-state index in [0.29, 0.717) is 5.56 Å². The van der Waals surface area contributed by atoms with E-state index in [2.05, 4.69) is 25.7 Å². The Morgan fingerprint density at radius 3 is 2.58 bits per heavy atom. The van der Waals surface area contributed by atoms with Crippen LogP contribution >= 0.6 is 0 Å². The maximum absolute atomic E-state index is 12.5. The summed E-state index contributed by atoms with van der Waals surface area (Å²) in [5.41, 5.74) is 3.15. The van der Waals surface area contributed by atoms with E-state index in [0.717, 1.165) is 43.4 Å². The van der Waals surface area contributed by atoms with Gasteiger partial charge in [-0.15, -0.1) is 5.10 Å². The molecule has 0 unspecified atom stereocenters. The number of hydrogen-bond acceptors (Lipinski definition) is 6. The molecule has 0 spiro atoms. The van der Waals surface area contributed by atoms with Gasteiger partial charge >= 0.3 is 0 Å². The van der Waals surface area contributed by atoms with Gasteiger partial charge in [0, 0.05) is 30.0 Å². The summed E-state index contributed by atoms with van der Waals surface area (Å²) in [6, 6.07) is 15.0. The van der Waals surface area contributed by atoms with Crippen LogP contribution < -0.4 is 10.2 Å². The highest BCUT2D eigenvalue weighted by Crippen LogP contribution is 2.20. The zero-order chi connectivity index (χ0) is 17.8. The van der Waals surface area contributed by atoms with Crippen molar-refractivity contribution >= 4 is 17.3 Å². The average Bonchev–Trinajstić information content (AvgIpc) is 3.24. The third kappa shape index (κ3) is 3.55. The second kappa shape index (κ2) is 7.32. The lowest BCUT2D eigenvalue weighted by molar-refractivity contribution is 0.102. The number of morpholine rings is 1. The highest BCUT2D eigenvalue weighted by Gasteiger charge is 2.12. The Labute approximate surface area is 150 Å². The van der Waals surface area contributed by atoms with Crippen molar-refractivity contribution in [3.63, 3.8) is 0 Å². The van der Waals surface area contributed by atoms with E-state index in [1.54, 1.807) is 18.2 Å². The number of amides is 1. The van der Waals surface area contributed by atoms with Crippen LogP contribution in [0.1, 0.15) is 10.4 Å². The number of carbonyl (C=O) groups is 1. The van der Waals surface area contributed by atoms with Gasteiger partial charge in [-0.1, -0.05) is 6.07 Å². The van der Waals surface area contributed by atoms with E-state index >= 15 is 0 Å². The quantitative estimate of drug-likeness (QED) is 0.772. The first-order chi connectivity index (χ1) is 12.8. The molecule has 0 bridgehead atoms. The molecular formula is C18H18N6O2. The lowest BCUT2D eigenvalue weighted by atomic mass is 10.1. The number of hydrogen-bond donors (Lipinski definition) is 1. The van der Waals surface area contributed by atoms with Crippen molar-refractivity contribution in [2.75, 3.05) is 36.5 Å². The fourth-order valence-corrected chi connectivity index (χ4v) is 2.85. The molecule has 132 valence electrons. The second-order valence-corrected chi connectivity index (χ2v) is 5.91. The smallest absolute Gasteiger partial charge is 0.255 e. The Morgan fingerprint density at radius 1 is 1.04 bits per heavy atom. The van der Waals surface area contributed by atoms with Crippen molar-refractivity contribution < 1.29 is 9.53 Å². The Morgan fingerprint density at radius 2 is 1.85 bits per heavy atom. The van der Waals surface area contributed by atoms with Gasteiger partial charge in [-0.25, -0.2) is 4.68 Å². The molecule has 0 radical (unpaired) electrons. The number of anilines is 2. The van der Waals surface area contributed by atoms with Crippen LogP contribution in [0.15, 0.2) is 54.9 Å². The van der Waals surface area contributed by atoms with Gasteiger partial charge in [0.2, 0.25) is 0 Å². The molecule has 1 fully saturated rings. The molecule has 1 aliphatic rings. The van der Waals surface area contributed by atoms with Crippen molar-refractivity contribution in [3.8, 4) is 5.69 Å². The molecule has 1 saturated heterocycles. The van der Waals surface area contributed by atoms with Crippen molar-refractivity contribution in [1.82, 2.24) is 20.2 Å². The average molecular weight is 350 g/mol. The summed E-state index contributed by atoms with van der Waals surface area (Å²) in [6.45, 7) is 3.26. The van der Waals surface area contributed by atoms with Crippen LogP contribution in [0.2, 0.25) is 0 Å². The van der Waals surface area contributed by atoms with Crippen molar-refractivity contribution in [3.05, 3.63) is 60.4 Å². The molecular weight excluding hydrogens is 332 g/mol. The van der Waals surface area contributed by atoms with Crippen LogP contribution in [0.3, 0.4) is 0 Å². The minimum atomic E-state index is -0.181. The molecule has 1 amide bonds. The summed E-state index contributed by atoms with van der Waals surface area (Å²) in [7, 11) is 0. The fourth-order valence-electron chi connectivity index (χ4n) is 2.85. The van der Waals surface area contributed by atoms with E-state index in [-0.39, 0.29) is 5.91 Å². The van der Waals surface area contributed by atoms with Gasteiger partial charge in [0.1, 0.15) is 6.33 Å². The molecule has 0 saturated carbocycles. The molecule has 2 heterocycles. The number of ether oxygens (including phenoxy) is 1. The van der Waals surface area contributed by atoms with E-state index in [1.165, 1.54) is 11.0 Å². The molecule has 26 heavy (non-hydrogen) atoms. The zero-order valence-electron chi connectivity index (χ0n) is 14.1. The molecule has 8 heteroatoms. The number of aromatic nitrogens is 4. The maximum Gasteiger partial charge on any atom is 0.255 e. The van der Waals surface area contributed by atoms with Gasteiger partial charge in [-0.3, -0.25) is 4.79 Å². The van der Waals surface area contributed by atoms with Gasteiger partial charge < -0.3 is 15.0 Å². The highest BCUT2D eigenvalue weighted by atomic mass is 16.5. The van der Waals surface area contributed by atoms with Crippen LogP contribution in [0.5, 0.6) is 0 Å². The minimum absolute atomic E-state index is 0.181. The third-order valence-corrected chi connectivity index (χ3v) is 4.22. The minimum Gasteiger partial charge on any atom is -0.378 e. The number of tetrazole rings is 1. The van der Waals surface area contributed by atoms with Crippen LogP contribution in [-0.2, 0) is 4.74 Å². The maximum atomic E-state index is 12.5. The van der Waals surface area contributed by atoms with Crippen LogP contribution in [0.25, 0.3) is 5.69 Å². The number of nitrogens with zero attached hydrogens (tertiary/aromatic N) is 5. The number of rotatable bonds is 4. The first kappa shape index (κ1) is 16.2. The Bertz CT molecular complexity index is 873. The molecule has 2 aromatic carbocycles. The normalized spacial score (nSPS) is 14.2. The lowest BCUT2D eigenvalue weighted by Gasteiger charge is -2.28. The van der Waals surface area contributed by atoms with Gasteiger partial charge in [-0.05, 0) is 52.9 Å². The highest BCUT2D eigenvalue weighted by molar-refractivity contribution is 6.04. The molecule has 1 aliphatic heterocycles. The fraction of sp³-hybridized carbons (Fsp3) is 0.222. The van der Waals surface area contributed by atoms with Crippen molar-refractivity contribution in [2.24, 2.45) is 0 Å². The molecule has 3 aromatic rings. The van der Waals surface area contributed by atoms with Gasteiger partial charge in [0.25, 0.3) is 5.91 Å². The first-order valence-electron chi connectivity index (χ1n) is 8.37. The largest absolute Gasteiger partial charge is 0.378 e. The molecule has 0 aliphatic carbocycles. The molecule has 1 aromatic heterocycles. The summed E-state index contributed by atoms with van der Waals surface area (Å²) < 4.78 is 6.88. The lowest BCUT2D eigenvalue weighted by Crippen LogP contribution is -2.36. The Balaban J connectivity index is 1.45. The second-order valence-electron chi connectivity index (χ2n) is 5.91. The van der Waals surface area contributed by atoms with E-state index < -0.39 is 0 Å². The zero-order valence-corrected chi connectivity index (χ0v) is 14.1. The molecule has 8 nitrogen and oxygen atoms in total. The van der Waals surface area contributed by atoms with E-state index in [9.17, 15) is 4.79 Å². The Kier molecular flexibility index (Phi) is 4.57. The Hall–Kier alpha value is -3.26. The monoisotopic (exact) mass is 350 g/mol. The summed E-state index contributed by atoms with van der Waals surface area (Å²) in [6.07, 6.45) is 1.49. The topological polar surface area (TPSA) is 85.2 Å². The number of nitrogens with one attached hydrogen (secondary N) is 1. The van der Waals surface area contributed by atoms with E-state index in [1.807, 2.05) is 30.3 Å². The van der Waals surface area contributed by atoms with Crippen molar-refractivity contribution in [2.45, 2.75) is 0 Å².